The van der Waals surface area contributed by atoms with E-state index in [0.29, 0.717) is 6.10 Å². The standard InChI is InChI=1S/C17H25NO/c1-13(12-18-15-7-8-15)6-9-17-16-5-3-2-4-14(16)10-11-19-17/h2-5,13,15,17-18H,6-12H2,1H3. The Kier molecular flexibility index (Phi) is 4.19. The predicted octanol–water partition coefficient (Wildman–Crippen LogP) is 3.47. The molecule has 0 bridgehead atoms. The van der Waals surface area contributed by atoms with Gasteiger partial charge in [0.25, 0.3) is 0 Å². The first kappa shape index (κ1) is 13.1. The van der Waals surface area contributed by atoms with Gasteiger partial charge in [0, 0.05) is 6.04 Å². The molecule has 0 aromatic heterocycles. The average Bonchev–Trinajstić information content (AvgIpc) is 3.27. The van der Waals surface area contributed by atoms with Gasteiger partial charge in [-0.1, -0.05) is 31.2 Å². The first-order valence-electron chi connectivity index (χ1n) is 7.75. The van der Waals surface area contributed by atoms with Crippen molar-refractivity contribution >= 4 is 0 Å². The van der Waals surface area contributed by atoms with E-state index in [0.717, 1.165) is 31.4 Å². The highest BCUT2D eigenvalue weighted by molar-refractivity contribution is 5.30. The molecule has 3 rings (SSSR count). The molecule has 0 radical (unpaired) electrons. The number of benzene rings is 1. The summed E-state index contributed by atoms with van der Waals surface area (Å²) in [5.41, 5.74) is 2.92. The Morgan fingerprint density at radius 1 is 1.32 bits per heavy atom. The van der Waals surface area contributed by atoms with Crippen LogP contribution in [0.15, 0.2) is 24.3 Å². The smallest absolute Gasteiger partial charge is 0.0827 e. The minimum Gasteiger partial charge on any atom is -0.373 e. The SMILES string of the molecule is CC(CCC1OCCc2ccccc21)CNC1CC1. The van der Waals surface area contributed by atoms with Crippen molar-refractivity contribution in [3.63, 3.8) is 0 Å². The molecule has 1 saturated carbocycles. The summed E-state index contributed by atoms with van der Waals surface area (Å²) in [4.78, 5) is 0. The fourth-order valence-electron chi connectivity index (χ4n) is 2.91. The van der Waals surface area contributed by atoms with Crippen molar-refractivity contribution in [2.24, 2.45) is 5.92 Å². The van der Waals surface area contributed by atoms with Gasteiger partial charge in [-0.25, -0.2) is 0 Å². The first-order chi connectivity index (χ1) is 9.33. The molecule has 2 aliphatic rings. The van der Waals surface area contributed by atoms with Gasteiger partial charge in [0.2, 0.25) is 0 Å². The summed E-state index contributed by atoms with van der Waals surface area (Å²) in [5, 5.41) is 3.62. The number of hydrogen-bond acceptors (Lipinski definition) is 2. The lowest BCUT2D eigenvalue weighted by atomic mass is 9.92. The van der Waals surface area contributed by atoms with Gasteiger partial charge >= 0.3 is 0 Å². The Morgan fingerprint density at radius 3 is 3.00 bits per heavy atom. The maximum Gasteiger partial charge on any atom is 0.0827 e. The summed E-state index contributed by atoms with van der Waals surface area (Å²) in [6.45, 7) is 4.40. The largest absolute Gasteiger partial charge is 0.373 e. The summed E-state index contributed by atoms with van der Waals surface area (Å²) in [6.07, 6.45) is 6.57. The van der Waals surface area contributed by atoms with E-state index in [1.54, 1.807) is 0 Å². The molecule has 19 heavy (non-hydrogen) atoms. The second-order valence-electron chi connectivity index (χ2n) is 6.17. The van der Waals surface area contributed by atoms with Crippen molar-refractivity contribution in [1.29, 1.82) is 0 Å². The maximum atomic E-state index is 5.97. The van der Waals surface area contributed by atoms with Gasteiger partial charge in [-0.3, -0.25) is 0 Å². The zero-order valence-electron chi connectivity index (χ0n) is 11.9. The van der Waals surface area contributed by atoms with E-state index in [9.17, 15) is 0 Å². The lowest BCUT2D eigenvalue weighted by Crippen LogP contribution is -2.24. The first-order valence-corrected chi connectivity index (χ1v) is 7.75. The van der Waals surface area contributed by atoms with Crippen molar-refractivity contribution < 1.29 is 4.74 Å². The normalized spacial score (nSPS) is 23.9. The third-order valence-corrected chi connectivity index (χ3v) is 4.35. The van der Waals surface area contributed by atoms with Crippen molar-refractivity contribution in [1.82, 2.24) is 5.32 Å². The Labute approximate surface area is 116 Å². The Hall–Kier alpha value is -0.860. The molecular weight excluding hydrogens is 234 g/mol. The third kappa shape index (κ3) is 3.58. The molecule has 2 nitrogen and oxygen atoms in total. The van der Waals surface area contributed by atoms with Crippen LogP contribution in [-0.4, -0.2) is 19.2 Å². The Balaban J connectivity index is 1.49. The van der Waals surface area contributed by atoms with Crippen LogP contribution in [0.3, 0.4) is 0 Å². The molecule has 1 aliphatic heterocycles. The summed E-state index contributed by atoms with van der Waals surface area (Å²) in [7, 11) is 0. The molecule has 2 unspecified atom stereocenters. The minimum atomic E-state index is 0.327. The Morgan fingerprint density at radius 2 is 2.16 bits per heavy atom. The molecule has 2 heteroatoms. The second-order valence-corrected chi connectivity index (χ2v) is 6.17. The lowest BCUT2D eigenvalue weighted by molar-refractivity contribution is 0.0326. The molecular formula is C17H25NO. The van der Waals surface area contributed by atoms with Crippen LogP contribution in [0.1, 0.15) is 49.8 Å². The molecule has 1 N–H and O–H groups in total. The van der Waals surface area contributed by atoms with E-state index in [1.807, 2.05) is 0 Å². The predicted molar refractivity (Wildman–Crippen MR) is 78.3 cm³/mol. The molecule has 1 aromatic rings. The quantitative estimate of drug-likeness (QED) is 0.844. The molecule has 104 valence electrons. The van der Waals surface area contributed by atoms with Gasteiger partial charge in [0.1, 0.15) is 0 Å². The van der Waals surface area contributed by atoms with Crippen LogP contribution in [0, 0.1) is 5.92 Å². The van der Waals surface area contributed by atoms with Crippen LogP contribution >= 0.6 is 0 Å². The molecule has 1 fully saturated rings. The van der Waals surface area contributed by atoms with Crippen LogP contribution in [-0.2, 0) is 11.2 Å². The molecule has 0 saturated heterocycles. The number of fused-ring (bicyclic) bond motifs is 1. The van der Waals surface area contributed by atoms with E-state index in [1.165, 1.54) is 36.9 Å². The molecule has 2 atom stereocenters. The summed E-state index contributed by atoms with van der Waals surface area (Å²) < 4.78 is 5.97. The van der Waals surface area contributed by atoms with Crippen LogP contribution < -0.4 is 5.32 Å². The van der Waals surface area contributed by atoms with E-state index in [-0.39, 0.29) is 0 Å². The molecule has 1 heterocycles. The van der Waals surface area contributed by atoms with Crippen LogP contribution in [0.25, 0.3) is 0 Å². The fourth-order valence-corrected chi connectivity index (χ4v) is 2.91. The van der Waals surface area contributed by atoms with E-state index in [4.69, 9.17) is 4.74 Å². The van der Waals surface area contributed by atoms with Crippen molar-refractivity contribution in [3.8, 4) is 0 Å². The topological polar surface area (TPSA) is 21.3 Å². The van der Waals surface area contributed by atoms with Gasteiger partial charge in [-0.15, -0.1) is 0 Å². The average molecular weight is 259 g/mol. The summed E-state index contributed by atoms with van der Waals surface area (Å²) in [5.74, 6) is 0.748. The highest BCUT2D eigenvalue weighted by Gasteiger charge is 2.23. The van der Waals surface area contributed by atoms with Crippen LogP contribution in [0.2, 0.25) is 0 Å². The highest BCUT2D eigenvalue weighted by atomic mass is 16.5. The molecule has 0 spiro atoms. The number of ether oxygens (including phenoxy) is 1. The summed E-state index contributed by atoms with van der Waals surface area (Å²) >= 11 is 0. The van der Waals surface area contributed by atoms with Crippen molar-refractivity contribution in [3.05, 3.63) is 35.4 Å². The van der Waals surface area contributed by atoms with Gasteiger partial charge in [0.15, 0.2) is 0 Å². The van der Waals surface area contributed by atoms with E-state index < -0.39 is 0 Å². The van der Waals surface area contributed by atoms with Crippen molar-refractivity contribution in [2.45, 2.75) is 51.2 Å². The molecule has 0 amide bonds. The monoisotopic (exact) mass is 259 g/mol. The van der Waals surface area contributed by atoms with Gasteiger partial charge in [-0.05, 0) is 55.7 Å². The third-order valence-electron chi connectivity index (χ3n) is 4.35. The number of rotatable bonds is 6. The number of hydrogen-bond donors (Lipinski definition) is 1. The fraction of sp³-hybridized carbons (Fsp3) is 0.647. The number of nitrogens with one attached hydrogen (secondary N) is 1. The Bertz CT molecular complexity index is 413. The summed E-state index contributed by atoms with van der Waals surface area (Å²) in [6, 6.07) is 9.60. The van der Waals surface area contributed by atoms with Crippen LogP contribution in [0.5, 0.6) is 0 Å². The van der Waals surface area contributed by atoms with Gasteiger partial charge in [-0.2, -0.15) is 0 Å². The van der Waals surface area contributed by atoms with Gasteiger partial charge < -0.3 is 10.1 Å². The zero-order chi connectivity index (χ0) is 13.1. The highest BCUT2D eigenvalue weighted by Crippen LogP contribution is 2.31. The van der Waals surface area contributed by atoms with E-state index in [2.05, 4.69) is 36.5 Å². The zero-order valence-corrected chi connectivity index (χ0v) is 11.9. The van der Waals surface area contributed by atoms with Crippen molar-refractivity contribution in [2.75, 3.05) is 13.2 Å². The molecule has 1 aliphatic carbocycles. The second kappa shape index (κ2) is 6.06. The van der Waals surface area contributed by atoms with Gasteiger partial charge in [0.05, 0.1) is 12.7 Å². The maximum absolute atomic E-state index is 5.97. The van der Waals surface area contributed by atoms with Crippen LogP contribution in [0.4, 0.5) is 0 Å². The molecule has 1 aromatic carbocycles. The lowest BCUT2D eigenvalue weighted by Gasteiger charge is -2.27. The van der Waals surface area contributed by atoms with E-state index >= 15 is 0 Å². The minimum absolute atomic E-state index is 0.327.